The minimum atomic E-state index is -0.225. The summed E-state index contributed by atoms with van der Waals surface area (Å²) in [6.07, 6.45) is 1.64. The summed E-state index contributed by atoms with van der Waals surface area (Å²) in [6.45, 7) is 0.359. The SMILES string of the molecule is O=c1n(Cc2cccc(Cl)c2)nc2c(Cl)cccn12. The van der Waals surface area contributed by atoms with Crippen molar-refractivity contribution in [1.82, 2.24) is 14.2 Å². The number of aromatic nitrogens is 3. The Morgan fingerprint density at radius 3 is 2.74 bits per heavy atom. The van der Waals surface area contributed by atoms with Crippen LogP contribution in [0.4, 0.5) is 0 Å². The Kier molecular flexibility index (Phi) is 3.05. The zero-order valence-corrected chi connectivity index (χ0v) is 11.3. The minimum Gasteiger partial charge on any atom is -0.249 e. The molecule has 2 heterocycles. The molecule has 0 aliphatic rings. The van der Waals surface area contributed by atoms with Crippen LogP contribution in [-0.4, -0.2) is 14.2 Å². The highest BCUT2D eigenvalue weighted by Crippen LogP contribution is 2.14. The summed E-state index contributed by atoms with van der Waals surface area (Å²) in [5.74, 6) is 0. The second-order valence-electron chi connectivity index (χ2n) is 4.12. The van der Waals surface area contributed by atoms with Crippen LogP contribution in [0.15, 0.2) is 47.4 Å². The van der Waals surface area contributed by atoms with E-state index in [0.717, 1.165) is 5.56 Å². The number of pyridine rings is 1. The van der Waals surface area contributed by atoms with Gasteiger partial charge in [-0.3, -0.25) is 0 Å². The second-order valence-corrected chi connectivity index (χ2v) is 4.96. The van der Waals surface area contributed by atoms with E-state index in [2.05, 4.69) is 5.10 Å². The van der Waals surface area contributed by atoms with E-state index in [1.165, 1.54) is 9.08 Å². The molecule has 0 fully saturated rings. The average Bonchev–Trinajstić information content (AvgIpc) is 2.69. The lowest BCUT2D eigenvalue weighted by atomic mass is 10.2. The number of hydrogen-bond donors (Lipinski definition) is 0. The molecule has 3 aromatic rings. The van der Waals surface area contributed by atoms with Gasteiger partial charge in [0.05, 0.1) is 11.6 Å². The van der Waals surface area contributed by atoms with Crippen LogP contribution in [0.3, 0.4) is 0 Å². The molecule has 2 aromatic heterocycles. The first-order chi connectivity index (χ1) is 9.15. The highest BCUT2D eigenvalue weighted by Gasteiger charge is 2.09. The summed E-state index contributed by atoms with van der Waals surface area (Å²) in [4.78, 5) is 12.1. The molecule has 0 unspecified atom stereocenters. The topological polar surface area (TPSA) is 39.3 Å². The Balaban J connectivity index is 2.09. The van der Waals surface area contributed by atoms with Gasteiger partial charge in [0, 0.05) is 11.2 Å². The summed E-state index contributed by atoms with van der Waals surface area (Å²) in [5, 5.41) is 5.31. The van der Waals surface area contributed by atoms with Crippen LogP contribution < -0.4 is 5.69 Å². The molecule has 0 N–H and O–H groups in total. The number of nitrogens with zero attached hydrogens (tertiary/aromatic N) is 3. The van der Waals surface area contributed by atoms with Crippen LogP contribution in [0.1, 0.15) is 5.56 Å². The molecule has 96 valence electrons. The van der Waals surface area contributed by atoms with Gasteiger partial charge in [0.25, 0.3) is 0 Å². The molecule has 0 bridgehead atoms. The summed E-state index contributed by atoms with van der Waals surface area (Å²) in [6, 6.07) is 10.7. The van der Waals surface area contributed by atoms with Gasteiger partial charge in [-0.25, -0.2) is 13.9 Å². The Hall–Kier alpha value is -1.78. The summed E-state index contributed by atoms with van der Waals surface area (Å²) < 4.78 is 2.79. The Morgan fingerprint density at radius 2 is 2.00 bits per heavy atom. The van der Waals surface area contributed by atoms with Crippen LogP contribution in [-0.2, 0) is 6.54 Å². The quantitative estimate of drug-likeness (QED) is 0.729. The Labute approximate surface area is 118 Å². The molecule has 3 rings (SSSR count). The van der Waals surface area contributed by atoms with E-state index in [1.807, 2.05) is 12.1 Å². The molecular weight excluding hydrogens is 285 g/mol. The Morgan fingerprint density at radius 1 is 1.16 bits per heavy atom. The molecule has 19 heavy (non-hydrogen) atoms. The molecule has 0 saturated carbocycles. The van der Waals surface area contributed by atoms with Gasteiger partial charge in [-0.1, -0.05) is 35.3 Å². The molecule has 6 heteroatoms. The van der Waals surface area contributed by atoms with E-state index in [9.17, 15) is 4.79 Å². The summed E-state index contributed by atoms with van der Waals surface area (Å²) >= 11 is 11.9. The van der Waals surface area contributed by atoms with Crippen molar-refractivity contribution in [2.24, 2.45) is 0 Å². The fraction of sp³-hybridized carbons (Fsp3) is 0.0769. The van der Waals surface area contributed by atoms with E-state index in [4.69, 9.17) is 23.2 Å². The molecule has 0 atom stereocenters. The van der Waals surface area contributed by atoms with Gasteiger partial charge in [0.2, 0.25) is 0 Å². The third-order valence-corrected chi connectivity index (χ3v) is 3.31. The third kappa shape index (κ3) is 2.25. The molecular formula is C13H9Cl2N3O. The second kappa shape index (κ2) is 4.72. The predicted octanol–water partition coefficient (Wildman–Crippen LogP) is 2.85. The van der Waals surface area contributed by atoms with E-state index < -0.39 is 0 Å². The van der Waals surface area contributed by atoms with Gasteiger partial charge in [-0.05, 0) is 29.8 Å². The highest BCUT2D eigenvalue weighted by molar-refractivity contribution is 6.33. The lowest BCUT2D eigenvalue weighted by molar-refractivity contribution is 0.659. The third-order valence-electron chi connectivity index (χ3n) is 2.78. The number of benzene rings is 1. The van der Waals surface area contributed by atoms with E-state index in [0.29, 0.717) is 22.2 Å². The van der Waals surface area contributed by atoms with E-state index in [1.54, 1.807) is 30.5 Å². The van der Waals surface area contributed by atoms with Gasteiger partial charge < -0.3 is 0 Å². The van der Waals surface area contributed by atoms with Gasteiger partial charge in [0.15, 0.2) is 5.65 Å². The molecule has 0 spiro atoms. The fourth-order valence-corrected chi connectivity index (χ4v) is 2.33. The van der Waals surface area contributed by atoms with Crippen LogP contribution in [0.5, 0.6) is 0 Å². The Bertz CT molecular complexity index is 807. The zero-order chi connectivity index (χ0) is 13.4. The van der Waals surface area contributed by atoms with Gasteiger partial charge in [-0.2, -0.15) is 0 Å². The molecule has 4 nitrogen and oxygen atoms in total. The first kappa shape index (κ1) is 12.3. The van der Waals surface area contributed by atoms with Gasteiger partial charge >= 0.3 is 5.69 Å². The average molecular weight is 294 g/mol. The van der Waals surface area contributed by atoms with Crippen molar-refractivity contribution < 1.29 is 0 Å². The van der Waals surface area contributed by atoms with Crippen molar-refractivity contribution in [1.29, 1.82) is 0 Å². The van der Waals surface area contributed by atoms with Gasteiger partial charge in [-0.15, -0.1) is 5.10 Å². The maximum Gasteiger partial charge on any atom is 0.350 e. The molecule has 0 saturated heterocycles. The van der Waals surface area contributed by atoms with Crippen LogP contribution >= 0.6 is 23.2 Å². The molecule has 0 aliphatic heterocycles. The fourth-order valence-electron chi connectivity index (χ4n) is 1.92. The first-order valence-corrected chi connectivity index (χ1v) is 6.39. The number of fused-ring (bicyclic) bond motifs is 1. The standard InChI is InChI=1S/C13H9Cl2N3O/c14-10-4-1-3-9(7-10)8-18-13(19)17-6-2-5-11(15)12(17)16-18/h1-7H,8H2. The number of rotatable bonds is 2. The summed E-state index contributed by atoms with van der Waals surface area (Å²) in [5.41, 5.74) is 1.14. The van der Waals surface area contributed by atoms with Crippen molar-refractivity contribution in [3.63, 3.8) is 0 Å². The van der Waals surface area contributed by atoms with Crippen LogP contribution in [0, 0.1) is 0 Å². The monoisotopic (exact) mass is 293 g/mol. The molecule has 0 aliphatic carbocycles. The zero-order valence-electron chi connectivity index (χ0n) is 9.75. The number of halogens is 2. The highest BCUT2D eigenvalue weighted by atomic mass is 35.5. The van der Waals surface area contributed by atoms with Crippen LogP contribution in [0.25, 0.3) is 5.65 Å². The largest absolute Gasteiger partial charge is 0.350 e. The molecule has 0 amide bonds. The van der Waals surface area contributed by atoms with Crippen molar-refractivity contribution >= 4 is 28.8 Å². The first-order valence-electron chi connectivity index (χ1n) is 5.63. The number of hydrogen-bond acceptors (Lipinski definition) is 2. The van der Waals surface area contributed by atoms with Crippen molar-refractivity contribution in [2.75, 3.05) is 0 Å². The normalized spacial score (nSPS) is 11.1. The minimum absolute atomic E-state index is 0.225. The van der Waals surface area contributed by atoms with Crippen LogP contribution in [0.2, 0.25) is 10.0 Å². The predicted molar refractivity (Wildman–Crippen MR) is 75.0 cm³/mol. The lowest BCUT2D eigenvalue weighted by Crippen LogP contribution is -2.21. The van der Waals surface area contributed by atoms with Crippen molar-refractivity contribution in [2.45, 2.75) is 6.54 Å². The smallest absolute Gasteiger partial charge is 0.249 e. The molecule has 1 aromatic carbocycles. The lowest BCUT2D eigenvalue weighted by Gasteiger charge is -2.00. The maximum absolute atomic E-state index is 12.1. The van der Waals surface area contributed by atoms with Crippen molar-refractivity contribution in [3.8, 4) is 0 Å². The van der Waals surface area contributed by atoms with Crippen molar-refractivity contribution in [3.05, 3.63) is 68.7 Å². The molecule has 0 radical (unpaired) electrons. The van der Waals surface area contributed by atoms with E-state index >= 15 is 0 Å². The van der Waals surface area contributed by atoms with E-state index in [-0.39, 0.29) is 5.69 Å². The van der Waals surface area contributed by atoms with Gasteiger partial charge in [0.1, 0.15) is 0 Å². The maximum atomic E-state index is 12.1. The summed E-state index contributed by atoms with van der Waals surface area (Å²) in [7, 11) is 0.